The van der Waals surface area contributed by atoms with Gasteiger partial charge < -0.3 is 50.4 Å². The van der Waals surface area contributed by atoms with Gasteiger partial charge in [-0.05, 0) is 81.8 Å². The Kier molecular flexibility index (Phi) is 14.9. The zero-order valence-electron chi connectivity index (χ0n) is 41.6. The zero-order chi connectivity index (χ0) is 52.2. The van der Waals surface area contributed by atoms with E-state index in [0.717, 1.165) is 54.0 Å². The molecule has 5 N–H and O–H groups in total. The highest BCUT2D eigenvalue weighted by Crippen LogP contribution is 2.34. The van der Waals surface area contributed by atoms with Crippen molar-refractivity contribution >= 4 is 90.7 Å². The maximum absolute atomic E-state index is 13.0. The van der Waals surface area contributed by atoms with Crippen LogP contribution in [0.3, 0.4) is 0 Å². The Morgan fingerprint density at radius 2 is 1.09 bits per heavy atom. The van der Waals surface area contributed by atoms with Crippen molar-refractivity contribution < 1.29 is 38.5 Å². The fraction of sp³-hybridized carbons (Fsp3) is 0.320. The maximum Gasteiger partial charge on any atom is 0.360 e. The van der Waals surface area contributed by atoms with Crippen LogP contribution >= 0.6 is 22.7 Å². The number of anilines is 6. The van der Waals surface area contributed by atoms with Gasteiger partial charge in [-0.1, -0.05) is 24.3 Å². The number of hydrogen-bond donors (Lipinski definition) is 5. The van der Waals surface area contributed by atoms with Crippen LogP contribution in [0.1, 0.15) is 95.7 Å². The third-order valence-corrected chi connectivity index (χ3v) is 13.6. The molecule has 24 heteroatoms. The smallest absolute Gasteiger partial charge is 0.360 e. The monoisotopic (exact) mass is 1040 g/mol. The van der Waals surface area contributed by atoms with Crippen molar-refractivity contribution in [3.05, 3.63) is 117 Å². The minimum Gasteiger partial charge on any atom is -0.497 e. The SMILES string of the molecule is CCOC(=O)c1nc(C)sc1Nc1cc(N(C)Cc2ccc(OC)cc2)c2ncc(C(=O)NC3CC3)n2n1.COc1ccc(CN(C)c2cc(Nc3sc(C)nc3C(=O)O)nn3c(C(=O)NC4CC4)cnc23)cc1. The fourth-order valence-electron chi connectivity index (χ4n) is 7.79. The van der Waals surface area contributed by atoms with Crippen molar-refractivity contribution in [2.75, 3.05) is 55.4 Å². The molecule has 6 heterocycles. The van der Waals surface area contributed by atoms with Gasteiger partial charge in [-0.3, -0.25) is 9.59 Å². The van der Waals surface area contributed by atoms with Gasteiger partial charge in [0.15, 0.2) is 45.7 Å². The number of nitrogens with zero attached hydrogens (tertiary/aromatic N) is 10. The first-order valence-corrected chi connectivity index (χ1v) is 25.3. The Hall–Kier alpha value is -8.38. The summed E-state index contributed by atoms with van der Waals surface area (Å²) < 4.78 is 18.7. The second-order valence-electron chi connectivity index (χ2n) is 17.6. The number of carboxylic acid groups (broad SMARTS) is 1. The summed E-state index contributed by atoms with van der Waals surface area (Å²) in [6.07, 6.45) is 6.91. The highest BCUT2D eigenvalue weighted by molar-refractivity contribution is 7.16. The highest BCUT2D eigenvalue weighted by atomic mass is 32.1. The number of imidazole rings is 2. The summed E-state index contributed by atoms with van der Waals surface area (Å²) in [6.45, 7) is 6.68. The van der Waals surface area contributed by atoms with Crippen LogP contribution in [0.5, 0.6) is 11.5 Å². The van der Waals surface area contributed by atoms with Gasteiger partial charge in [0, 0.05) is 51.4 Å². The summed E-state index contributed by atoms with van der Waals surface area (Å²) in [6, 6.07) is 19.6. The van der Waals surface area contributed by atoms with Gasteiger partial charge >= 0.3 is 11.9 Å². The maximum atomic E-state index is 13.0. The number of thiazole rings is 2. The molecule has 2 aliphatic carbocycles. The van der Waals surface area contributed by atoms with Gasteiger partial charge in [-0.2, -0.15) is 0 Å². The van der Waals surface area contributed by atoms with Crippen LogP contribution < -0.4 is 40.5 Å². The van der Waals surface area contributed by atoms with E-state index in [1.165, 1.54) is 44.1 Å². The van der Waals surface area contributed by atoms with Crippen LogP contribution in [0.2, 0.25) is 0 Å². The summed E-state index contributed by atoms with van der Waals surface area (Å²) in [5.74, 6) is 0.230. The summed E-state index contributed by atoms with van der Waals surface area (Å²) >= 11 is 2.55. The molecule has 0 radical (unpaired) electrons. The van der Waals surface area contributed by atoms with Gasteiger partial charge in [0.25, 0.3) is 11.8 Å². The first kappa shape index (κ1) is 50.6. The van der Waals surface area contributed by atoms with Gasteiger partial charge in [0.05, 0.1) is 54.6 Å². The standard InChI is InChI=1S/C26H29N7O4S.C24H25N7O4S/c1-5-37-26(35)22-25(38-15(2)28-22)30-21-12-19(32(3)14-16-6-10-18(36-4)11-7-16)23-27-13-20(33(23)31-21)24(34)29-17-8-9-17;1-13-26-20(24(33)34)23(36-13)28-19-10-17(30(2)12-14-4-8-16(35-3)9-5-14)21-25-11-18(31(21)29-19)22(32)27-15-6-7-15/h6-7,10-13,17H,5,8-9,14H2,1-4H3,(H,29,34)(H,30,31);4-5,8-11,15H,6-7,12H2,1-3H3,(H,27,32)(H,28,29)(H,33,34). The Morgan fingerprint density at radius 3 is 1.49 bits per heavy atom. The van der Waals surface area contributed by atoms with Crippen molar-refractivity contribution in [1.29, 1.82) is 0 Å². The third kappa shape index (κ3) is 11.6. The zero-order valence-corrected chi connectivity index (χ0v) is 43.3. The summed E-state index contributed by atoms with van der Waals surface area (Å²) in [5.41, 5.74) is 5.39. The van der Waals surface area contributed by atoms with Crippen LogP contribution in [-0.2, 0) is 17.8 Å². The Labute approximate surface area is 432 Å². The molecule has 2 aromatic carbocycles. The normalized spacial score (nSPS) is 12.9. The number of esters is 1. The number of methoxy groups -OCH3 is 2. The molecule has 2 amide bonds. The lowest BCUT2D eigenvalue weighted by atomic mass is 10.2. The number of aryl methyl sites for hydroxylation is 2. The number of aromatic nitrogens is 8. The summed E-state index contributed by atoms with van der Waals surface area (Å²) in [5, 5.41) is 33.3. The quantitative estimate of drug-likeness (QED) is 0.0494. The lowest BCUT2D eigenvalue weighted by Crippen LogP contribution is -2.27. The number of aromatic carboxylic acids is 1. The summed E-state index contributed by atoms with van der Waals surface area (Å²) in [7, 11) is 7.12. The molecule has 2 aliphatic rings. The molecule has 0 atom stereocenters. The van der Waals surface area contributed by atoms with E-state index in [-0.39, 0.29) is 41.9 Å². The third-order valence-electron chi connectivity index (χ3n) is 11.8. The number of amides is 2. The molecule has 0 bridgehead atoms. The van der Waals surface area contributed by atoms with Crippen LogP contribution in [0.25, 0.3) is 11.3 Å². The number of rotatable bonds is 19. The van der Waals surface area contributed by atoms with Crippen molar-refractivity contribution in [2.45, 2.75) is 71.6 Å². The van der Waals surface area contributed by atoms with E-state index in [0.29, 0.717) is 73.1 Å². The first-order chi connectivity index (χ1) is 35.7. The number of carboxylic acids is 1. The van der Waals surface area contributed by atoms with Crippen molar-refractivity contribution in [3.63, 3.8) is 0 Å². The van der Waals surface area contributed by atoms with E-state index < -0.39 is 11.9 Å². The molecule has 0 unspecified atom stereocenters. The van der Waals surface area contributed by atoms with Crippen molar-refractivity contribution in [3.8, 4) is 11.5 Å². The van der Waals surface area contributed by atoms with E-state index in [1.54, 1.807) is 34.1 Å². The number of carbonyl (C=O) groups is 4. The van der Waals surface area contributed by atoms with E-state index in [4.69, 9.17) is 14.2 Å². The average Bonchev–Trinajstić information content (AvgIpc) is 4.19. The molecule has 10 rings (SSSR count). The van der Waals surface area contributed by atoms with E-state index >= 15 is 0 Å². The first-order valence-electron chi connectivity index (χ1n) is 23.6. The second-order valence-corrected chi connectivity index (χ2v) is 20.0. The van der Waals surface area contributed by atoms with Crippen LogP contribution in [-0.4, -0.2) is 115 Å². The summed E-state index contributed by atoms with van der Waals surface area (Å²) in [4.78, 5) is 71.5. The molecule has 2 saturated carbocycles. The number of fused-ring (bicyclic) bond motifs is 2. The van der Waals surface area contributed by atoms with Crippen LogP contribution in [0.4, 0.5) is 33.0 Å². The van der Waals surface area contributed by atoms with E-state index in [1.807, 2.05) is 85.4 Å². The Morgan fingerprint density at radius 1 is 0.676 bits per heavy atom. The molecule has 8 aromatic rings. The second kappa shape index (κ2) is 21.8. The van der Waals surface area contributed by atoms with Crippen LogP contribution in [0.15, 0.2) is 73.1 Å². The molecule has 0 saturated heterocycles. The minimum absolute atomic E-state index is 0.0788. The molecule has 74 heavy (non-hydrogen) atoms. The van der Waals surface area contributed by atoms with Gasteiger partial charge in [-0.15, -0.1) is 32.9 Å². The average molecular weight is 1040 g/mol. The molecule has 0 spiro atoms. The van der Waals surface area contributed by atoms with Gasteiger partial charge in [0.2, 0.25) is 0 Å². The molecule has 6 aromatic heterocycles. The lowest BCUT2D eigenvalue weighted by Gasteiger charge is -2.21. The molecular weight excluding hydrogens is 989 g/mol. The minimum atomic E-state index is -1.13. The number of hydrogen-bond acceptors (Lipinski definition) is 19. The fourth-order valence-corrected chi connectivity index (χ4v) is 9.42. The number of nitrogens with one attached hydrogen (secondary N) is 4. The van der Waals surface area contributed by atoms with E-state index in [9.17, 15) is 24.3 Å². The molecule has 384 valence electrons. The predicted molar refractivity (Wildman–Crippen MR) is 280 cm³/mol. The molecule has 0 aliphatic heterocycles. The largest absolute Gasteiger partial charge is 0.497 e. The molecular formula is C50H54N14O8S2. The van der Waals surface area contributed by atoms with Gasteiger partial charge in [-0.25, -0.2) is 38.6 Å². The molecule has 22 nitrogen and oxygen atoms in total. The van der Waals surface area contributed by atoms with E-state index in [2.05, 4.69) is 51.4 Å². The molecule has 2 fully saturated rings. The Bertz CT molecular complexity index is 3360. The predicted octanol–water partition coefficient (Wildman–Crippen LogP) is 7.42. The number of carbonyl (C=O) groups excluding carboxylic acids is 3. The van der Waals surface area contributed by atoms with Gasteiger partial charge in [0.1, 0.15) is 21.5 Å². The highest BCUT2D eigenvalue weighted by Gasteiger charge is 2.29. The topological polar surface area (TPSA) is 257 Å². The number of benzene rings is 2. The lowest BCUT2D eigenvalue weighted by molar-refractivity contribution is 0.0520. The number of ether oxygens (including phenoxy) is 3. The van der Waals surface area contributed by atoms with Crippen molar-refractivity contribution in [2.24, 2.45) is 0 Å². The Balaban J connectivity index is 0.000000182. The van der Waals surface area contributed by atoms with Crippen LogP contribution in [0, 0.1) is 13.8 Å². The van der Waals surface area contributed by atoms with Crippen molar-refractivity contribution in [1.82, 2.24) is 49.8 Å².